The van der Waals surface area contributed by atoms with Crippen LogP contribution >= 0.6 is 0 Å². The average molecular weight is 307 g/mol. The molecule has 1 aromatic heterocycles. The summed E-state index contributed by atoms with van der Waals surface area (Å²) < 4.78 is 15.7. The van der Waals surface area contributed by atoms with E-state index in [1.165, 1.54) is 34.3 Å². The van der Waals surface area contributed by atoms with E-state index in [2.05, 4.69) is 61.8 Å². The van der Waals surface area contributed by atoms with Crippen molar-refractivity contribution >= 4 is 17.0 Å². The molecule has 3 aromatic rings. The van der Waals surface area contributed by atoms with Crippen molar-refractivity contribution in [2.24, 2.45) is 0 Å². The van der Waals surface area contributed by atoms with Crippen molar-refractivity contribution in [1.29, 1.82) is 0 Å². The molecule has 0 N–H and O–H groups in total. The maximum Gasteiger partial charge on any atom is 0.123 e. The molecule has 118 valence electrons. The van der Waals surface area contributed by atoms with Gasteiger partial charge in [-0.1, -0.05) is 43.3 Å². The van der Waals surface area contributed by atoms with E-state index in [0.29, 0.717) is 6.04 Å². The van der Waals surface area contributed by atoms with Crippen LogP contribution in [0.4, 0.5) is 4.39 Å². The summed E-state index contributed by atoms with van der Waals surface area (Å²) in [6.45, 7) is 6.53. The number of aromatic nitrogens is 1. The van der Waals surface area contributed by atoms with Gasteiger partial charge < -0.3 is 4.57 Å². The Labute approximate surface area is 137 Å². The first kappa shape index (κ1) is 15.5. The summed E-state index contributed by atoms with van der Waals surface area (Å²) in [5, 5.41) is 1.21. The Bertz CT molecular complexity index is 838. The van der Waals surface area contributed by atoms with Gasteiger partial charge in [0.05, 0.1) is 0 Å². The zero-order valence-corrected chi connectivity index (χ0v) is 13.9. The Morgan fingerprint density at radius 3 is 2.39 bits per heavy atom. The number of benzene rings is 2. The van der Waals surface area contributed by atoms with Gasteiger partial charge >= 0.3 is 0 Å². The summed E-state index contributed by atoms with van der Waals surface area (Å²) in [5.74, 6) is -0.202. The highest BCUT2D eigenvalue weighted by Gasteiger charge is 2.18. The van der Waals surface area contributed by atoms with E-state index >= 15 is 0 Å². The van der Waals surface area contributed by atoms with Gasteiger partial charge in [0.1, 0.15) is 5.82 Å². The predicted octanol–water partition coefficient (Wildman–Crippen LogP) is 6.45. The van der Waals surface area contributed by atoms with Crippen LogP contribution < -0.4 is 0 Å². The summed E-state index contributed by atoms with van der Waals surface area (Å²) >= 11 is 0. The smallest absolute Gasteiger partial charge is 0.123 e. The van der Waals surface area contributed by atoms with Crippen LogP contribution in [0.2, 0.25) is 0 Å². The Morgan fingerprint density at radius 2 is 1.74 bits per heavy atom. The van der Waals surface area contributed by atoms with Crippen molar-refractivity contribution in [1.82, 2.24) is 4.57 Å². The Morgan fingerprint density at radius 1 is 1.04 bits per heavy atom. The number of hydrogen-bond acceptors (Lipinski definition) is 0. The van der Waals surface area contributed by atoms with E-state index in [4.69, 9.17) is 0 Å². The van der Waals surface area contributed by atoms with Gasteiger partial charge in [-0.15, -0.1) is 0 Å². The van der Waals surface area contributed by atoms with Crippen LogP contribution in [0.5, 0.6) is 0 Å². The third kappa shape index (κ3) is 2.81. The Hall–Kier alpha value is -2.35. The van der Waals surface area contributed by atoms with Crippen LogP contribution in [0.1, 0.15) is 38.9 Å². The molecule has 0 bridgehead atoms. The van der Waals surface area contributed by atoms with Gasteiger partial charge in [-0.05, 0) is 50.1 Å². The van der Waals surface area contributed by atoms with Gasteiger partial charge in [0.25, 0.3) is 0 Å². The third-order valence-corrected chi connectivity index (χ3v) is 4.11. The van der Waals surface area contributed by atoms with Gasteiger partial charge in [-0.25, -0.2) is 4.39 Å². The normalized spacial score (nSPS) is 11.9. The zero-order chi connectivity index (χ0) is 16.4. The van der Waals surface area contributed by atoms with Gasteiger partial charge in [0.15, 0.2) is 0 Å². The highest BCUT2D eigenvalue weighted by atomic mass is 19.1. The summed E-state index contributed by atoms with van der Waals surface area (Å²) in [7, 11) is 0. The molecule has 2 aromatic carbocycles. The second-order valence-electron chi connectivity index (χ2n) is 6.06. The van der Waals surface area contributed by atoms with Crippen molar-refractivity contribution < 1.29 is 4.39 Å². The minimum Gasteiger partial charge on any atom is -0.338 e. The summed E-state index contributed by atoms with van der Waals surface area (Å²) in [6.07, 6.45) is 5.36. The first-order valence-corrected chi connectivity index (χ1v) is 8.19. The highest BCUT2D eigenvalue weighted by Crippen LogP contribution is 2.37. The molecule has 2 heteroatoms. The Balaban J connectivity index is 2.38. The second kappa shape index (κ2) is 6.41. The van der Waals surface area contributed by atoms with Crippen LogP contribution in [0.15, 0.2) is 54.6 Å². The molecular formula is C21H22FN. The maximum absolute atomic E-state index is 13.3. The van der Waals surface area contributed by atoms with Crippen molar-refractivity contribution in [3.8, 4) is 11.1 Å². The lowest BCUT2D eigenvalue weighted by Crippen LogP contribution is -2.02. The molecule has 0 radical (unpaired) electrons. The lowest BCUT2D eigenvalue weighted by Gasteiger charge is -2.13. The SMILES string of the molecule is CC/C=C/c1c(-c2ccc(F)cc2)c2ccccc2n1C(C)C. The molecule has 0 aliphatic heterocycles. The van der Waals surface area contributed by atoms with Crippen LogP contribution in [-0.2, 0) is 0 Å². The lowest BCUT2D eigenvalue weighted by molar-refractivity contribution is 0.618. The lowest BCUT2D eigenvalue weighted by atomic mass is 10.0. The van der Waals surface area contributed by atoms with Gasteiger partial charge in [0, 0.05) is 28.2 Å². The maximum atomic E-state index is 13.3. The molecule has 0 saturated heterocycles. The van der Waals surface area contributed by atoms with Crippen molar-refractivity contribution in [3.63, 3.8) is 0 Å². The van der Waals surface area contributed by atoms with Gasteiger partial charge in [-0.2, -0.15) is 0 Å². The van der Waals surface area contributed by atoms with Crippen LogP contribution in [-0.4, -0.2) is 4.57 Å². The van der Waals surface area contributed by atoms with Crippen molar-refractivity contribution in [3.05, 3.63) is 66.1 Å². The molecule has 23 heavy (non-hydrogen) atoms. The molecular weight excluding hydrogens is 285 g/mol. The quantitative estimate of drug-likeness (QED) is 0.522. The number of halogens is 1. The fourth-order valence-electron chi connectivity index (χ4n) is 3.15. The molecule has 0 amide bonds. The van der Waals surface area contributed by atoms with Crippen LogP contribution in [0.3, 0.4) is 0 Å². The molecule has 0 unspecified atom stereocenters. The van der Waals surface area contributed by atoms with E-state index in [-0.39, 0.29) is 5.82 Å². The minimum atomic E-state index is -0.202. The van der Waals surface area contributed by atoms with Crippen LogP contribution in [0, 0.1) is 5.82 Å². The Kier molecular flexibility index (Phi) is 4.33. The molecule has 0 aliphatic rings. The monoisotopic (exact) mass is 307 g/mol. The second-order valence-corrected chi connectivity index (χ2v) is 6.06. The van der Waals surface area contributed by atoms with E-state index < -0.39 is 0 Å². The molecule has 1 nitrogen and oxygen atoms in total. The first-order chi connectivity index (χ1) is 11.1. The minimum absolute atomic E-state index is 0.202. The van der Waals surface area contributed by atoms with Crippen molar-refractivity contribution in [2.75, 3.05) is 0 Å². The predicted molar refractivity (Wildman–Crippen MR) is 97.0 cm³/mol. The van der Waals surface area contributed by atoms with E-state index in [1.807, 2.05) is 12.1 Å². The zero-order valence-electron chi connectivity index (χ0n) is 13.9. The molecule has 0 fully saturated rings. The number of fused-ring (bicyclic) bond motifs is 1. The molecule has 0 atom stereocenters. The number of para-hydroxylation sites is 1. The molecule has 1 heterocycles. The summed E-state index contributed by atoms with van der Waals surface area (Å²) in [5.41, 5.74) is 4.64. The van der Waals surface area contributed by atoms with E-state index in [0.717, 1.165) is 12.0 Å². The molecule has 0 aliphatic carbocycles. The standard InChI is InChI=1S/C21H22FN/c1-4-5-9-20-21(16-11-13-17(22)14-12-16)18-8-6-7-10-19(18)23(20)15(2)3/h5-15H,4H2,1-3H3/b9-5+. The first-order valence-electron chi connectivity index (χ1n) is 8.19. The number of hydrogen-bond donors (Lipinski definition) is 0. The van der Waals surface area contributed by atoms with Gasteiger partial charge in [0.2, 0.25) is 0 Å². The highest BCUT2D eigenvalue weighted by molar-refractivity contribution is 6.00. The molecule has 0 spiro atoms. The van der Waals surface area contributed by atoms with E-state index in [1.54, 1.807) is 0 Å². The number of allylic oxidation sites excluding steroid dienone is 1. The fraction of sp³-hybridized carbons (Fsp3) is 0.238. The van der Waals surface area contributed by atoms with Gasteiger partial charge in [-0.3, -0.25) is 0 Å². The van der Waals surface area contributed by atoms with E-state index in [9.17, 15) is 4.39 Å². The summed E-state index contributed by atoms with van der Waals surface area (Å²) in [4.78, 5) is 0. The summed E-state index contributed by atoms with van der Waals surface area (Å²) in [6, 6.07) is 15.6. The van der Waals surface area contributed by atoms with Crippen LogP contribution in [0.25, 0.3) is 28.1 Å². The number of rotatable bonds is 4. The molecule has 3 rings (SSSR count). The topological polar surface area (TPSA) is 4.93 Å². The van der Waals surface area contributed by atoms with Crippen molar-refractivity contribution in [2.45, 2.75) is 33.2 Å². The number of nitrogens with zero attached hydrogens (tertiary/aromatic N) is 1. The molecule has 0 saturated carbocycles. The fourth-order valence-corrected chi connectivity index (χ4v) is 3.15. The largest absolute Gasteiger partial charge is 0.338 e. The average Bonchev–Trinajstić information content (AvgIpc) is 2.88. The third-order valence-electron chi connectivity index (χ3n) is 4.11.